The Morgan fingerprint density at radius 2 is 1.52 bits per heavy atom. The second-order valence-corrected chi connectivity index (χ2v) is 4.78. The van der Waals surface area contributed by atoms with Crippen LogP contribution in [-0.2, 0) is 4.79 Å². The van der Waals surface area contributed by atoms with Crippen molar-refractivity contribution in [2.24, 2.45) is 0 Å². The summed E-state index contributed by atoms with van der Waals surface area (Å²) in [6.07, 6.45) is 0.272. The molecule has 0 spiro atoms. The Labute approximate surface area is 124 Å². The van der Waals surface area contributed by atoms with Crippen LogP contribution in [0.5, 0.6) is 0 Å². The van der Waals surface area contributed by atoms with Gasteiger partial charge in [0, 0.05) is 18.9 Å². The number of amides is 1. The van der Waals surface area contributed by atoms with Crippen molar-refractivity contribution in [1.29, 1.82) is 0 Å². The van der Waals surface area contributed by atoms with Crippen molar-refractivity contribution in [3.05, 3.63) is 71.8 Å². The molecule has 4 nitrogen and oxygen atoms in total. The molecule has 4 heteroatoms. The van der Waals surface area contributed by atoms with Gasteiger partial charge in [-0.05, 0) is 5.56 Å². The van der Waals surface area contributed by atoms with Crippen molar-refractivity contribution < 1.29 is 9.59 Å². The van der Waals surface area contributed by atoms with Gasteiger partial charge in [0.25, 0.3) is 0 Å². The monoisotopic (exact) mass is 282 g/mol. The number of ketones is 1. The van der Waals surface area contributed by atoms with Gasteiger partial charge < -0.3 is 0 Å². The van der Waals surface area contributed by atoms with E-state index >= 15 is 0 Å². The molecule has 0 saturated heterocycles. The molecule has 1 atom stereocenters. The van der Waals surface area contributed by atoms with E-state index < -0.39 is 0 Å². The average Bonchev–Trinajstić information content (AvgIpc) is 2.52. The highest BCUT2D eigenvalue weighted by molar-refractivity contribution is 5.96. The van der Waals surface area contributed by atoms with Gasteiger partial charge in [-0.25, -0.2) is 5.43 Å². The van der Waals surface area contributed by atoms with Crippen molar-refractivity contribution >= 4 is 11.7 Å². The lowest BCUT2D eigenvalue weighted by Gasteiger charge is -2.18. The van der Waals surface area contributed by atoms with Gasteiger partial charge >= 0.3 is 0 Å². The third-order valence-corrected chi connectivity index (χ3v) is 3.11. The van der Waals surface area contributed by atoms with Gasteiger partial charge in [-0.2, -0.15) is 0 Å². The van der Waals surface area contributed by atoms with Crippen LogP contribution in [0.2, 0.25) is 0 Å². The summed E-state index contributed by atoms with van der Waals surface area (Å²) in [5.74, 6) is -0.162. The summed E-state index contributed by atoms with van der Waals surface area (Å²) in [7, 11) is 0. The normalized spacial score (nSPS) is 11.7. The molecular weight excluding hydrogens is 264 g/mol. The van der Waals surface area contributed by atoms with Gasteiger partial charge in [0.1, 0.15) is 0 Å². The quantitative estimate of drug-likeness (QED) is 0.632. The van der Waals surface area contributed by atoms with Crippen LogP contribution in [0, 0.1) is 0 Å². The van der Waals surface area contributed by atoms with Gasteiger partial charge in [0.05, 0.1) is 6.04 Å². The third-order valence-electron chi connectivity index (χ3n) is 3.11. The summed E-state index contributed by atoms with van der Waals surface area (Å²) in [6.45, 7) is 1.42. The first-order valence-electron chi connectivity index (χ1n) is 6.82. The Bertz CT molecular complexity index is 597. The number of carbonyl (C=O) groups is 2. The van der Waals surface area contributed by atoms with Crippen molar-refractivity contribution in [3.8, 4) is 0 Å². The summed E-state index contributed by atoms with van der Waals surface area (Å²) >= 11 is 0. The molecule has 0 radical (unpaired) electrons. The number of rotatable bonds is 6. The molecule has 1 unspecified atom stereocenters. The number of Topliss-reactive ketones (excluding diaryl/α,β-unsaturated/α-hetero) is 1. The number of benzene rings is 2. The molecule has 2 rings (SSSR count). The van der Waals surface area contributed by atoms with Crippen molar-refractivity contribution in [2.45, 2.75) is 19.4 Å². The number of hydrogen-bond acceptors (Lipinski definition) is 3. The second kappa shape index (κ2) is 7.36. The lowest BCUT2D eigenvalue weighted by atomic mass is 9.98. The minimum absolute atomic E-state index is 0.0299. The van der Waals surface area contributed by atoms with Gasteiger partial charge in [-0.15, -0.1) is 0 Å². The highest BCUT2D eigenvalue weighted by Crippen LogP contribution is 2.18. The fourth-order valence-corrected chi connectivity index (χ4v) is 2.05. The summed E-state index contributed by atoms with van der Waals surface area (Å²) < 4.78 is 0. The molecular formula is C17H18N2O2. The first-order valence-corrected chi connectivity index (χ1v) is 6.82. The molecule has 0 aliphatic carbocycles. The summed E-state index contributed by atoms with van der Waals surface area (Å²) in [4.78, 5) is 23.4. The Morgan fingerprint density at radius 1 is 0.952 bits per heavy atom. The maximum atomic E-state index is 12.3. The van der Waals surface area contributed by atoms with Crippen LogP contribution in [-0.4, -0.2) is 11.7 Å². The zero-order chi connectivity index (χ0) is 15.1. The van der Waals surface area contributed by atoms with E-state index in [1.165, 1.54) is 6.92 Å². The second-order valence-electron chi connectivity index (χ2n) is 4.78. The maximum Gasteiger partial charge on any atom is 0.230 e. The molecule has 0 bridgehead atoms. The third kappa shape index (κ3) is 4.54. The van der Waals surface area contributed by atoms with Crippen LogP contribution >= 0.6 is 0 Å². The van der Waals surface area contributed by atoms with Crippen LogP contribution in [0.15, 0.2) is 60.7 Å². The van der Waals surface area contributed by atoms with E-state index in [9.17, 15) is 9.59 Å². The molecule has 108 valence electrons. The number of hydrogen-bond donors (Lipinski definition) is 2. The predicted molar refractivity (Wildman–Crippen MR) is 81.5 cm³/mol. The summed E-state index contributed by atoms with van der Waals surface area (Å²) in [6, 6.07) is 18.5. The highest BCUT2D eigenvalue weighted by atomic mass is 16.2. The van der Waals surface area contributed by atoms with E-state index in [-0.39, 0.29) is 24.2 Å². The number of nitrogens with one attached hydrogen (secondary N) is 2. The number of hydrazine groups is 1. The highest BCUT2D eigenvalue weighted by Gasteiger charge is 2.17. The molecule has 2 N–H and O–H groups in total. The topological polar surface area (TPSA) is 58.2 Å². The first kappa shape index (κ1) is 14.9. The van der Waals surface area contributed by atoms with Gasteiger partial charge in [0.2, 0.25) is 5.91 Å². The molecule has 21 heavy (non-hydrogen) atoms. The lowest BCUT2D eigenvalue weighted by molar-refractivity contribution is -0.120. The molecule has 0 aromatic heterocycles. The average molecular weight is 282 g/mol. The van der Waals surface area contributed by atoms with Gasteiger partial charge in [-0.1, -0.05) is 60.7 Å². The molecule has 2 aromatic carbocycles. The van der Waals surface area contributed by atoms with Crippen LogP contribution in [0.25, 0.3) is 0 Å². The van der Waals surface area contributed by atoms with Crippen LogP contribution in [0.4, 0.5) is 0 Å². The smallest absolute Gasteiger partial charge is 0.230 e. The minimum Gasteiger partial charge on any atom is -0.294 e. The summed E-state index contributed by atoms with van der Waals surface area (Å²) in [5.41, 5.74) is 7.10. The molecule has 0 aliphatic heterocycles. The van der Waals surface area contributed by atoms with Crippen molar-refractivity contribution in [3.63, 3.8) is 0 Å². The standard InChI is InChI=1S/C17H18N2O2/c1-13(20)18-19-16(14-8-4-2-5-9-14)12-17(21)15-10-6-3-7-11-15/h2-11,16,19H,12H2,1H3,(H,18,20). The van der Waals surface area contributed by atoms with E-state index in [2.05, 4.69) is 10.9 Å². The van der Waals surface area contributed by atoms with Crippen LogP contribution in [0.1, 0.15) is 35.3 Å². The maximum absolute atomic E-state index is 12.3. The minimum atomic E-state index is -0.261. The van der Waals surface area contributed by atoms with E-state index in [0.29, 0.717) is 5.56 Å². The largest absolute Gasteiger partial charge is 0.294 e. The molecule has 0 heterocycles. The van der Waals surface area contributed by atoms with Gasteiger partial charge in [0.15, 0.2) is 5.78 Å². The molecule has 1 amide bonds. The van der Waals surface area contributed by atoms with Crippen molar-refractivity contribution in [1.82, 2.24) is 10.9 Å². The molecule has 0 saturated carbocycles. The fourth-order valence-electron chi connectivity index (χ4n) is 2.05. The van der Waals surface area contributed by atoms with E-state index in [4.69, 9.17) is 0 Å². The molecule has 0 fully saturated rings. The van der Waals surface area contributed by atoms with E-state index in [0.717, 1.165) is 5.56 Å². The van der Waals surface area contributed by atoms with Crippen molar-refractivity contribution in [2.75, 3.05) is 0 Å². The molecule has 2 aromatic rings. The lowest BCUT2D eigenvalue weighted by Crippen LogP contribution is -2.39. The Hall–Kier alpha value is -2.46. The fraction of sp³-hybridized carbons (Fsp3) is 0.176. The SMILES string of the molecule is CC(=O)NNC(CC(=O)c1ccccc1)c1ccccc1. The molecule has 0 aliphatic rings. The van der Waals surface area contributed by atoms with Gasteiger partial charge in [-0.3, -0.25) is 15.0 Å². The number of carbonyl (C=O) groups excluding carboxylic acids is 2. The Kier molecular flexibility index (Phi) is 5.23. The summed E-state index contributed by atoms with van der Waals surface area (Å²) in [5, 5.41) is 0. The zero-order valence-corrected chi connectivity index (χ0v) is 11.9. The zero-order valence-electron chi connectivity index (χ0n) is 11.9. The predicted octanol–water partition coefficient (Wildman–Crippen LogP) is 2.64. The Balaban J connectivity index is 2.12. The Morgan fingerprint density at radius 3 is 2.10 bits per heavy atom. The van der Waals surface area contributed by atoms with Crippen LogP contribution in [0.3, 0.4) is 0 Å². The first-order chi connectivity index (χ1) is 10.2. The van der Waals surface area contributed by atoms with E-state index in [1.807, 2.05) is 48.5 Å². The van der Waals surface area contributed by atoms with E-state index in [1.54, 1.807) is 12.1 Å². The van der Waals surface area contributed by atoms with Crippen LogP contribution < -0.4 is 10.9 Å².